The average Bonchev–Trinajstić information content (AvgIpc) is 2.88. The van der Waals surface area contributed by atoms with E-state index in [1.807, 2.05) is 31.2 Å². The van der Waals surface area contributed by atoms with E-state index in [0.29, 0.717) is 17.2 Å². The maximum absolute atomic E-state index is 12.1. The lowest BCUT2D eigenvalue weighted by Crippen LogP contribution is -2.37. The van der Waals surface area contributed by atoms with Gasteiger partial charge in [0.25, 0.3) is 0 Å². The van der Waals surface area contributed by atoms with Crippen LogP contribution in [-0.2, 0) is 16.1 Å². The molecule has 0 saturated carbocycles. The van der Waals surface area contributed by atoms with E-state index in [1.54, 1.807) is 18.8 Å². The number of hydrogen-bond acceptors (Lipinski definition) is 5. The van der Waals surface area contributed by atoms with Gasteiger partial charge in [0.05, 0.1) is 13.7 Å². The fraction of sp³-hybridized carbons (Fsp3) is 0.400. The first-order chi connectivity index (χ1) is 11.0. The molecule has 0 spiro atoms. The molecule has 1 amide bonds. The predicted molar refractivity (Wildman–Crippen MR) is 88.9 cm³/mol. The summed E-state index contributed by atoms with van der Waals surface area (Å²) in [6.45, 7) is 2.42. The van der Waals surface area contributed by atoms with E-state index in [4.69, 9.17) is 21.7 Å². The summed E-state index contributed by atoms with van der Waals surface area (Å²) in [6, 6.07) is 7.33. The largest absolute Gasteiger partial charge is 0.497 e. The molecule has 1 heterocycles. The maximum Gasteiger partial charge on any atom is 0.240 e. The van der Waals surface area contributed by atoms with Crippen LogP contribution in [0.1, 0.15) is 6.92 Å². The van der Waals surface area contributed by atoms with Crippen molar-refractivity contribution in [1.82, 2.24) is 20.1 Å². The zero-order valence-electron chi connectivity index (χ0n) is 13.3. The number of ether oxygens (including phenoxy) is 2. The molecule has 2 aromatic rings. The predicted octanol–water partition coefficient (Wildman–Crippen LogP) is 1.77. The zero-order valence-corrected chi connectivity index (χ0v) is 14.1. The minimum absolute atomic E-state index is 0.0713. The van der Waals surface area contributed by atoms with Gasteiger partial charge >= 0.3 is 0 Å². The van der Waals surface area contributed by atoms with Crippen LogP contribution in [0.15, 0.2) is 24.3 Å². The van der Waals surface area contributed by atoms with Crippen LogP contribution in [0.25, 0.3) is 11.4 Å². The van der Waals surface area contributed by atoms with Crippen molar-refractivity contribution in [3.05, 3.63) is 29.0 Å². The lowest BCUT2D eigenvalue weighted by Gasteiger charge is -2.13. The molecule has 1 aromatic heterocycles. The summed E-state index contributed by atoms with van der Waals surface area (Å²) in [5.74, 6) is 1.20. The average molecular weight is 336 g/mol. The van der Waals surface area contributed by atoms with Crippen molar-refractivity contribution in [1.29, 1.82) is 0 Å². The van der Waals surface area contributed by atoms with E-state index in [1.165, 1.54) is 0 Å². The Morgan fingerprint density at radius 3 is 2.70 bits per heavy atom. The fourth-order valence-electron chi connectivity index (χ4n) is 2.18. The highest BCUT2D eigenvalue weighted by molar-refractivity contribution is 7.71. The minimum atomic E-state index is -0.151. The summed E-state index contributed by atoms with van der Waals surface area (Å²) in [4.78, 5) is 12.1. The van der Waals surface area contributed by atoms with Gasteiger partial charge in [-0.1, -0.05) is 0 Å². The van der Waals surface area contributed by atoms with Crippen LogP contribution < -0.4 is 10.1 Å². The van der Waals surface area contributed by atoms with Crippen molar-refractivity contribution in [2.45, 2.75) is 19.5 Å². The second-order valence-electron chi connectivity index (χ2n) is 5.09. The molecule has 0 aliphatic heterocycles. The van der Waals surface area contributed by atoms with Gasteiger partial charge in [0.1, 0.15) is 12.3 Å². The minimum Gasteiger partial charge on any atom is -0.497 e. The van der Waals surface area contributed by atoms with Gasteiger partial charge in [0.15, 0.2) is 10.6 Å². The third-order valence-electron chi connectivity index (χ3n) is 3.23. The molecule has 1 aromatic carbocycles. The Kier molecular flexibility index (Phi) is 5.89. The first kappa shape index (κ1) is 17.2. The quantitative estimate of drug-likeness (QED) is 0.753. The summed E-state index contributed by atoms with van der Waals surface area (Å²) in [7, 11) is 3.20. The fourth-order valence-corrected chi connectivity index (χ4v) is 2.38. The lowest BCUT2D eigenvalue weighted by molar-refractivity contribution is -0.122. The Hall–Kier alpha value is -2.19. The number of amides is 1. The molecule has 8 heteroatoms. The van der Waals surface area contributed by atoms with Crippen LogP contribution >= 0.6 is 12.2 Å². The molecule has 124 valence electrons. The standard InChI is InChI=1S/C15H20N4O3S/c1-10(9-21-2)16-13(20)8-19-14(17-18-15(19)23)11-4-6-12(22-3)7-5-11/h4-7,10H,8-9H2,1-3H3,(H,16,20)(H,18,23). The third kappa shape index (κ3) is 4.40. The molecule has 0 saturated heterocycles. The molecule has 1 atom stereocenters. The van der Waals surface area contributed by atoms with Crippen LogP contribution in [0.5, 0.6) is 5.75 Å². The summed E-state index contributed by atoms with van der Waals surface area (Å²) >= 11 is 5.22. The number of carbonyl (C=O) groups excluding carboxylic acids is 1. The molecule has 7 nitrogen and oxygen atoms in total. The monoisotopic (exact) mass is 336 g/mol. The SMILES string of the molecule is COCC(C)NC(=O)Cn1c(-c2ccc(OC)cc2)n[nH]c1=S. The Morgan fingerprint density at radius 1 is 1.39 bits per heavy atom. The normalized spacial score (nSPS) is 12.0. The van der Waals surface area contributed by atoms with Crippen molar-refractivity contribution in [2.24, 2.45) is 0 Å². The Morgan fingerprint density at radius 2 is 2.09 bits per heavy atom. The van der Waals surface area contributed by atoms with Gasteiger partial charge in [0, 0.05) is 18.7 Å². The van der Waals surface area contributed by atoms with Crippen LogP contribution in [0, 0.1) is 4.77 Å². The number of aromatic amines is 1. The summed E-state index contributed by atoms with van der Waals surface area (Å²) in [6.07, 6.45) is 0. The molecular formula is C15H20N4O3S. The van der Waals surface area contributed by atoms with Crippen LogP contribution in [-0.4, -0.2) is 47.5 Å². The second-order valence-corrected chi connectivity index (χ2v) is 5.48. The van der Waals surface area contributed by atoms with Gasteiger partial charge in [-0.3, -0.25) is 14.5 Å². The van der Waals surface area contributed by atoms with E-state index in [2.05, 4.69) is 15.5 Å². The number of nitrogens with zero attached hydrogens (tertiary/aromatic N) is 2. The van der Waals surface area contributed by atoms with Crippen molar-refractivity contribution in [2.75, 3.05) is 20.8 Å². The van der Waals surface area contributed by atoms with Crippen molar-refractivity contribution < 1.29 is 14.3 Å². The molecule has 2 N–H and O–H groups in total. The highest BCUT2D eigenvalue weighted by Crippen LogP contribution is 2.20. The summed E-state index contributed by atoms with van der Waals surface area (Å²) in [5, 5.41) is 9.79. The number of carbonyl (C=O) groups is 1. The number of methoxy groups -OCH3 is 2. The number of benzene rings is 1. The first-order valence-corrected chi connectivity index (χ1v) is 7.54. The molecule has 0 aliphatic carbocycles. The smallest absolute Gasteiger partial charge is 0.240 e. The molecule has 2 rings (SSSR count). The van der Waals surface area contributed by atoms with Crippen molar-refractivity contribution in [3.63, 3.8) is 0 Å². The van der Waals surface area contributed by atoms with Gasteiger partial charge in [-0.2, -0.15) is 5.10 Å². The number of rotatable bonds is 7. The van der Waals surface area contributed by atoms with E-state index in [0.717, 1.165) is 11.3 Å². The Bertz CT molecular complexity index is 708. The Balaban J connectivity index is 2.18. The molecule has 0 fully saturated rings. The van der Waals surface area contributed by atoms with Gasteiger partial charge in [0.2, 0.25) is 5.91 Å². The van der Waals surface area contributed by atoms with Crippen molar-refractivity contribution >= 4 is 18.1 Å². The maximum atomic E-state index is 12.1. The lowest BCUT2D eigenvalue weighted by atomic mass is 10.2. The summed E-state index contributed by atoms with van der Waals surface area (Å²) in [5.41, 5.74) is 0.843. The molecule has 0 aliphatic rings. The van der Waals surface area contributed by atoms with Crippen LogP contribution in [0.4, 0.5) is 0 Å². The van der Waals surface area contributed by atoms with E-state index in [-0.39, 0.29) is 18.5 Å². The molecule has 0 radical (unpaired) electrons. The highest BCUT2D eigenvalue weighted by atomic mass is 32.1. The van der Waals surface area contributed by atoms with Gasteiger partial charge in [-0.05, 0) is 43.4 Å². The van der Waals surface area contributed by atoms with Gasteiger partial charge in [-0.15, -0.1) is 0 Å². The first-order valence-electron chi connectivity index (χ1n) is 7.13. The molecular weight excluding hydrogens is 316 g/mol. The Labute approximate surface area is 139 Å². The molecule has 1 unspecified atom stereocenters. The summed E-state index contributed by atoms with van der Waals surface area (Å²) < 4.78 is 12.2. The molecule has 0 bridgehead atoms. The number of hydrogen-bond donors (Lipinski definition) is 2. The number of nitrogens with one attached hydrogen (secondary N) is 2. The van der Waals surface area contributed by atoms with Gasteiger partial charge in [-0.25, -0.2) is 0 Å². The second kappa shape index (κ2) is 7.89. The number of aromatic nitrogens is 3. The number of H-pyrrole nitrogens is 1. The van der Waals surface area contributed by atoms with Gasteiger partial charge < -0.3 is 14.8 Å². The third-order valence-corrected chi connectivity index (χ3v) is 3.54. The molecule has 23 heavy (non-hydrogen) atoms. The topological polar surface area (TPSA) is 81.2 Å². The van der Waals surface area contributed by atoms with E-state index >= 15 is 0 Å². The van der Waals surface area contributed by atoms with E-state index in [9.17, 15) is 4.79 Å². The van der Waals surface area contributed by atoms with E-state index < -0.39 is 0 Å². The van der Waals surface area contributed by atoms with Crippen LogP contribution in [0.3, 0.4) is 0 Å². The zero-order chi connectivity index (χ0) is 16.8. The van der Waals surface area contributed by atoms with Crippen molar-refractivity contribution in [3.8, 4) is 17.1 Å². The van der Waals surface area contributed by atoms with Crippen LogP contribution in [0.2, 0.25) is 0 Å². The highest BCUT2D eigenvalue weighted by Gasteiger charge is 2.14.